The van der Waals surface area contributed by atoms with Gasteiger partial charge in [-0.15, -0.1) is 10.2 Å². The SMILES string of the molecule is CC(C)NCc1cccc(F)c1OCc1nnn(C)n1. The molecular formula is C13H18FN5O. The van der Waals surface area contributed by atoms with Gasteiger partial charge in [-0.3, -0.25) is 0 Å². The summed E-state index contributed by atoms with van der Waals surface area (Å²) >= 11 is 0. The predicted molar refractivity (Wildman–Crippen MR) is 71.5 cm³/mol. The molecule has 0 saturated heterocycles. The van der Waals surface area contributed by atoms with Gasteiger partial charge in [0.25, 0.3) is 0 Å². The van der Waals surface area contributed by atoms with E-state index in [0.717, 1.165) is 5.56 Å². The first-order valence-electron chi connectivity index (χ1n) is 6.42. The maximum absolute atomic E-state index is 13.9. The second kappa shape index (κ2) is 6.42. The molecule has 1 aromatic carbocycles. The third kappa shape index (κ3) is 3.74. The minimum absolute atomic E-state index is 0.0868. The maximum atomic E-state index is 13.9. The summed E-state index contributed by atoms with van der Waals surface area (Å²) in [5.41, 5.74) is 0.766. The van der Waals surface area contributed by atoms with Gasteiger partial charge in [0, 0.05) is 18.2 Å². The molecule has 0 fully saturated rings. The van der Waals surface area contributed by atoms with E-state index in [1.807, 2.05) is 19.9 Å². The molecule has 0 aliphatic rings. The molecule has 0 atom stereocenters. The van der Waals surface area contributed by atoms with E-state index in [0.29, 0.717) is 18.4 Å². The zero-order valence-corrected chi connectivity index (χ0v) is 11.8. The van der Waals surface area contributed by atoms with E-state index in [1.54, 1.807) is 13.1 Å². The summed E-state index contributed by atoms with van der Waals surface area (Å²) < 4.78 is 19.4. The van der Waals surface area contributed by atoms with E-state index in [2.05, 4.69) is 20.7 Å². The average Bonchev–Trinajstić information content (AvgIpc) is 2.81. The van der Waals surface area contributed by atoms with Crippen molar-refractivity contribution in [3.8, 4) is 5.75 Å². The van der Waals surface area contributed by atoms with Gasteiger partial charge in [0.05, 0.1) is 7.05 Å². The first kappa shape index (κ1) is 14.4. The number of rotatable bonds is 6. The van der Waals surface area contributed by atoms with Crippen LogP contribution in [-0.2, 0) is 20.2 Å². The van der Waals surface area contributed by atoms with Crippen molar-refractivity contribution >= 4 is 0 Å². The Kier molecular flexibility index (Phi) is 4.62. The second-order valence-corrected chi connectivity index (χ2v) is 4.75. The van der Waals surface area contributed by atoms with Crippen LogP contribution >= 0.6 is 0 Å². The van der Waals surface area contributed by atoms with Crippen molar-refractivity contribution in [3.63, 3.8) is 0 Å². The Morgan fingerprint density at radius 2 is 2.20 bits per heavy atom. The van der Waals surface area contributed by atoms with Gasteiger partial charge in [-0.1, -0.05) is 26.0 Å². The summed E-state index contributed by atoms with van der Waals surface area (Å²) in [6, 6.07) is 5.18. The van der Waals surface area contributed by atoms with E-state index in [-0.39, 0.29) is 12.4 Å². The quantitative estimate of drug-likeness (QED) is 0.866. The predicted octanol–water partition coefficient (Wildman–Crippen LogP) is 1.43. The lowest BCUT2D eigenvalue weighted by Gasteiger charge is -2.13. The molecule has 20 heavy (non-hydrogen) atoms. The number of para-hydroxylation sites is 1. The van der Waals surface area contributed by atoms with E-state index >= 15 is 0 Å². The van der Waals surface area contributed by atoms with Crippen LogP contribution in [0.1, 0.15) is 25.2 Å². The van der Waals surface area contributed by atoms with Crippen molar-refractivity contribution < 1.29 is 9.13 Å². The highest BCUT2D eigenvalue weighted by Gasteiger charge is 2.11. The van der Waals surface area contributed by atoms with Gasteiger partial charge in [-0.2, -0.15) is 4.80 Å². The van der Waals surface area contributed by atoms with E-state index in [4.69, 9.17) is 4.74 Å². The van der Waals surface area contributed by atoms with Crippen LogP contribution in [0.15, 0.2) is 18.2 Å². The highest BCUT2D eigenvalue weighted by atomic mass is 19.1. The van der Waals surface area contributed by atoms with Crippen LogP contribution in [0.4, 0.5) is 4.39 Å². The highest BCUT2D eigenvalue weighted by Crippen LogP contribution is 2.23. The zero-order chi connectivity index (χ0) is 14.5. The number of nitrogens with one attached hydrogen (secondary N) is 1. The molecule has 0 unspecified atom stereocenters. The average molecular weight is 279 g/mol. The molecule has 108 valence electrons. The van der Waals surface area contributed by atoms with Crippen molar-refractivity contribution in [3.05, 3.63) is 35.4 Å². The van der Waals surface area contributed by atoms with E-state index in [1.165, 1.54) is 10.9 Å². The molecule has 0 aliphatic carbocycles. The summed E-state index contributed by atoms with van der Waals surface area (Å²) in [5.74, 6) is 0.253. The fraction of sp³-hybridized carbons (Fsp3) is 0.462. The van der Waals surface area contributed by atoms with Crippen LogP contribution in [0.5, 0.6) is 5.75 Å². The van der Waals surface area contributed by atoms with Crippen LogP contribution in [0.2, 0.25) is 0 Å². The first-order valence-corrected chi connectivity index (χ1v) is 6.42. The second-order valence-electron chi connectivity index (χ2n) is 4.75. The molecule has 1 N–H and O–H groups in total. The van der Waals surface area contributed by atoms with Crippen molar-refractivity contribution in [1.29, 1.82) is 0 Å². The molecule has 0 spiro atoms. The number of halogens is 1. The number of aromatic nitrogens is 4. The summed E-state index contributed by atoms with van der Waals surface area (Å²) in [4.78, 5) is 1.33. The van der Waals surface area contributed by atoms with Crippen molar-refractivity contribution in [2.75, 3.05) is 0 Å². The molecule has 0 bridgehead atoms. The normalized spacial score (nSPS) is 11.1. The topological polar surface area (TPSA) is 64.9 Å². The number of tetrazole rings is 1. The Balaban J connectivity index is 2.08. The maximum Gasteiger partial charge on any atom is 0.212 e. The minimum atomic E-state index is -0.392. The Morgan fingerprint density at radius 1 is 1.40 bits per heavy atom. The first-order chi connectivity index (χ1) is 9.56. The Bertz CT molecular complexity index is 570. The molecule has 1 heterocycles. The number of benzene rings is 1. The molecule has 2 rings (SSSR count). The van der Waals surface area contributed by atoms with Crippen LogP contribution < -0.4 is 10.1 Å². The summed E-state index contributed by atoms with van der Waals surface area (Å²) in [5, 5.41) is 14.7. The van der Waals surface area contributed by atoms with E-state index in [9.17, 15) is 4.39 Å². The van der Waals surface area contributed by atoms with Gasteiger partial charge in [-0.25, -0.2) is 4.39 Å². The number of ether oxygens (including phenoxy) is 1. The molecule has 0 aliphatic heterocycles. The van der Waals surface area contributed by atoms with Crippen LogP contribution in [0.25, 0.3) is 0 Å². The van der Waals surface area contributed by atoms with Gasteiger partial charge in [0.15, 0.2) is 18.2 Å². The molecule has 2 aromatic rings. The van der Waals surface area contributed by atoms with Gasteiger partial charge >= 0.3 is 0 Å². The zero-order valence-electron chi connectivity index (χ0n) is 11.8. The summed E-state index contributed by atoms with van der Waals surface area (Å²) in [7, 11) is 1.66. The molecule has 0 radical (unpaired) electrons. The molecule has 6 nitrogen and oxygen atoms in total. The lowest BCUT2D eigenvalue weighted by atomic mass is 10.2. The lowest BCUT2D eigenvalue weighted by molar-refractivity contribution is 0.276. The highest BCUT2D eigenvalue weighted by molar-refractivity contribution is 5.35. The van der Waals surface area contributed by atoms with Crippen LogP contribution in [-0.4, -0.2) is 26.2 Å². The Labute approximate surface area is 116 Å². The molecule has 7 heteroatoms. The van der Waals surface area contributed by atoms with Crippen molar-refractivity contribution in [2.45, 2.75) is 33.0 Å². The van der Waals surface area contributed by atoms with Crippen LogP contribution in [0.3, 0.4) is 0 Å². The Morgan fingerprint density at radius 3 is 2.85 bits per heavy atom. The van der Waals surface area contributed by atoms with E-state index < -0.39 is 5.82 Å². The number of aryl methyl sites for hydroxylation is 1. The molecule has 1 aromatic heterocycles. The monoisotopic (exact) mass is 279 g/mol. The Hall–Kier alpha value is -2.02. The molecule has 0 saturated carbocycles. The minimum Gasteiger partial charge on any atom is -0.482 e. The standard InChI is InChI=1S/C13H18FN5O/c1-9(2)15-7-10-5-4-6-11(14)13(10)20-8-12-16-18-19(3)17-12/h4-6,9,15H,7-8H2,1-3H3. The lowest BCUT2D eigenvalue weighted by Crippen LogP contribution is -2.22. The molecule has 0 amide bonds. The van der Waals surface area contributed by atoms with Gasteiger partial charge in [0.1, 0.15) is 0 Å². The smallest absolute Gasteiger partial charge is 0.212 e. The summed E-state index contributed by atoms with van der Waals surface area (Å²) in [6.07, 6.45) is 0. The van der Waals surface area contributed by atoms with Crippen molar-refractivity contribution in [2.24, 2.45) is 7.05 Å². The fourth-order valence-electron chi connectivity index (χ4n) is 1.69. The van der Waals surface area contributed by atoms with Crippen molar-refractivity contribution in [1.82, 2.24) is 25.5 Å². The number of hydrogen-bond donors (Lipinski definition) is 1. The van der Waals surface area contributed by atoms with Gasteiger partial charge in [-0.05, 0) is 11.3 Å². The van der Waals surface area contributed by atoms with Gasteiger partial charge < -0.3 is 10.1 Å². The summed E-state index contributed by atoms with van der Waals surface area (Å²) in [6.45, 7) is 4.69. The fourth-order valence-corrected chi connectivity index (χ4v) is 1.69. The van der Waals surface area contributed by atoms with Gasteiger partial charge in [0.2, 0.25) is 5.82 Å². The number of nitrogens with zero attached hydrogens (tertiary/aromatic N) is 4. The third-order valence-corrected chi connectivity index (χ3v) is 2.64. The van der Waals surface area contributed by atoms with Crippen LogP contribution in [0, 0.1) is 5.82 Å². The third-order valence-electron chi connectivity index (χ3n) is 2.64. The largest absolute Gasteiger partial charge is 0.482 e. The molecular weight excluding hydrogens is 261 g/mol. The number of hydrogen-bond acceptors (Lipinski definition) is 5.